The van der Waals surface area contributed by atoms with E-state index in [4.69, 9.17) is 0 Å². The quantitative estimate of drug-likeness (QED) is 0.683. The van der Waals surface area contributed by atoms with Crippen LogP contribution in [0.25, 0.3) is 0 Å². The average molecular weight is 386 g/mol. The highest BCUT2D eigenvalue weighted by atomic mass is 16.2. The zero-order chi connectivity index (χ0) is 19.8. The number of piperidine rings is 2. The van der Waals surface area contributed by atoms with Gasteiger partial charge < -0.3 is 9.80 Å². The van der Waals surface area contributed by atoms with E-state index in [1.807, 2.05) is 11.9 Å². The summed E-state index contributed by atoms with van der Waals surface area (Å²) in [7, 11) is 1.99. The van der Waals surface area contributed by atoms with Gasteiger partial charge in [0.2, 0.25) is 5.91 Å². The lowest BCUT2D eigenvalue weighted by molar-refractivity contribution is -0.136. The van der Waals surface area contributed by atoms with Gasteiger partial charge in [0, 0.05) is 32.7 Å². The summed E-state index contributed by atoms with van der Waals surface area (Å²) in [5, 5.41) is 0. The van der Waals surface area contributed by atoms with Gasteiger partial charge in [0.1, 0.15) is 0 Å². The molecule has 2 heterocycles. The molecule has 1 aromatic carbocycles. The number of rotatable bonds is 8. The number of nitrogens with zero attached hydrogens (tertiary/aromatic N) is 3. The number of likely N-dealkylation sites (tertiary alicyclic amines) is 2. The third kappa shape index (κ3) is 6.05. The summed E-state index contributed by atoms with van der Waals surface area (Å²) in [5.74, 6) is 0.588. The number of unbranched alkanes of at least 4 members (excludes halogenated alkanes) is 1. The van der Waals surface area contributed by atoms with E-state index in [1.165, 1.54) is 51.0 Å². The molecule has 2 saturated heterocycles. The molecule has 1 aromatic rings. The summed E-state index contributed by atoms with van der Waals surface area (Å²) in [5.41, 5.74) is 1.44. The lowest BCUT2D eigenvalue weighted by atomic mass is 9.92. The highest BCUT2D eigenvalue weighted by Crippen LogP contribution is 2.25. The van der Waals surface area contributed by atoms with Crippen LogP contribution in [0.4, 0.5) is 0 Å². The van der Waals surface area contributed by atoms with Gasteiger partial charge in [-0.15, -0.1) is 0 Å². The first-order valence-electron chi connectivity index (χ1n) is 11.4. The Morgan fingerprint density at radius 3 is 2.57 bits per heavy atom. The van der Waals surface area contributed by atoms with Crippen LogP contribution in [-0.2, 0) is 11.2 Å². The molecular formula is C24H39N3O. The monoisotopic (exact) mass is 385 g/mol. The lowest BCUT2D eigenvalue weighted by Gasteiger charge is -2.42. The van der Waals surface area contributed by atoms with Crippen LogP contribution in [-0.4, -0.2) is 73.0 Å². The SMILES string of the molecule is CCCCN(C)C(=O)[C@H]1CCCN(C2CCN(CCc3ccccc3)CC2)C1. The van der Waals surface area contributed by atoms with Gasteiger partial charge >= 0.3 is 0 Å². The number of benzene rings is 1. The fourth-order valence-corrected chi connectivity index (χ4v) is 4.80. The summed E-state index contributed by atoms with van der Waals surface area (Å²) in [6, 6.07) is 11.5. The fraction of sp³-hybridized carbons (Fsp3) is 0.708. The average Bonchev–Trinajstić information content (AvgIpc) is 2.76. The van der Waals surface area contributed by atoms with Gasteiger partial charge in [0.25, 0.3) is 0 Å². The maximum Gasteiger partial charge on any atom is 0.226 e. The minimum absolute atomic E-state index is 0.215. The molecular weight excluding hydrogens is 346 g/mol. The van der Waals surface area contributed by atoms with E-state index in [9.17, 15) is 4.79 Å². The van der Waals surface area contributed by atoms with Crippen molar-refractivity contribution in [2.75, 3.05) is 46.3 Å². The van der Waals surface area contributed by atoms with E-state index in [2.05, 4.69) is 47.1 Å². The highest BCUT2D eigenvalue weighted by Gasteiger charge is 2.32. The number of amides is 1. The summed E-state index contributed by atoms with van der Waals surface area (Å²) >= 11 is 0. The van der Waals surface area contributed by atoms with E-state index in [0.717, 1.165) is 38.8 Å². The minimum Gasteiger partial charge on any atom is -0.345 e. The van der Waals surface area contributed by atoms with Crippen LogP contribution in [0.1, 0.15) is 51.0 Å². The Labute approximate surface area is 171 Å². The Morgan fingerprint density at radius 1 is 1.11 bits per heavy atom. The largest absolute Gasteiger partial charge is 0.345 e. The Hall–Kier alpha value is -1.39. The van der Waals surface area contributed by atoms with E-state index in [-0.39, 0.29) is 5.92 Å². The number of carbonyl (C=O) groups excluding carboxylic acids is 1. The van der Waals surface area contributed by atoms with Gasteiger partial charge in [-0.2, -0.15) is 0 Å². The van der Waals surface area contributed by atoms with E-state index in [1.54, 1.807) is 0 Å². The molecule has 0 radical (unpaired) electrons. The van der Waals surface area contributed by atoms with Crippen LogP contribution < -0.4 is 0 Å². The summed E-state index contributed by atoms with van der Waals surface area (Å²) in [6.07, 6.45) is 8.16. The predicted octanol–water partition coefficient (Wildman–Crippen LogP) is 3.66. The Morgan fingerprint density at radius 2 is 1.86 bits per heavy atom. The van der Waals surface area contributed by atoms with Crippen molar-refractivity contribution in [1.29, 1.82) is 0 Å². The minimum atomic E-state index is 0.215. The first kappa shape index (κ1) is 21.3. The molecule has 3 rings (SSSR count). The van der Waals surface area contributed by atoms with Crippen molar-refractivity contribution in [2.24, 2.45) is 5.92 Å². The molecule has 0 saturated carbocycles. The van der Waals surface area contributed by atoms with E-state index < -0.39 is 0 Å². The molecule has 4 heteroatoms. The fourth-order valence-electron chi connectivity index (χ4n) is 4.80. The molecule has 0 aliphatic carbocycles. The van der Waals surface area contributed by atoms with Crippen LogP contribution in [0.5, 0.6) is 0 Å². The summed E-state index contributed by atoms with van der Waals surface area (Å²) < 4.78 is 0. The maximum absolute atomic E-state index is 12.8. The third-order valence-electron chi connectivity index (χ3n) is 6.66. The number of carbonyl (C=O) groups is 1. The van der Waals surface area contributed by atoms with Gasteiger partial charge in [0.05, 0.1) is 5.92 Å². The van der Waals surface area contributed by atoms with Crippen molar-refractivity contribution < 1.29 is 4.79 Å². The topological polar surface area (TPSA) is 26.8 Å². The lowest BCUT2D eigenvalue weighted by Crippen LogP contribution is -2.51. The molecule has 0 N–H and O–H groups in total. The molecule has 0 spiro atoms. The molecule has 2 fully saturated rings. The van der Waals surface area contributed by atoms with Crippen molar-refractivity contribution in [2.45, 2.75) is 57.9 Å². The Kier molecular flexibility index (Phi) is 8.35. The Bertz CT molecular complexity index is 583. The van der Waals surface area contributed by atoms with E-state index >= 15 is 0 Å². The highest BCUT2D eigenvalue weighted by molar-refractivity contribution is 5.78. The first-order valence-corrected chi connectivity index (χ1v) is 11.4. The van der Waals surface area contributed by atoms with Crippen LogP contribution in [0.2, 0.25) is 0 Å². The molecule has 0 bridgehead atoms. The van der Waals surface area contributed by atoms with Crippen LogP contribution in [0, 0.1) is 5.92 Å². The Balaban J connectivity index is 1.41. The molecule has 2 aliphatic heterocycles. The molecule has 0 unspecified atom stereocenters. The first-order chi connectivity index (χ1) is 13.7. The second kappa shape index (κ2) is 11.0. The molecule has 1 atom stereocenters. The van der Waals surface area contributed by atoms with Crippen molar-refractivity contribution in [1.82, 2.24) is 14.7 Å². The van der Waals surface area contributed by atoms with Crippen LogP contribution >= 0.6 is 0 Å². The van der Waals surface area contributed by atoms with Crippen molar-refractivity contribution >= 4 is 5.91 Å². The van der Waals surface area contributed by atoms with Gasteiger partial charge in [-0.25, -0.2) is 0 Å². The smallest absolute Gasteiger partial charge is 0.226 e. The standard InChI is InChI=1S/C24H39N3O/c1-3-4-15-25(2)24(28)22-11-8-16-27(20-22)23-13-18-26(19-14-23)17-12-21-9-6-5-7-10-21/h5-7,9-10,22-23H,3-4,8,11-20H2,1-2H3/t22-/m0/s1. The van der Waals surface area contributed by atoms with Crippen LogP contribution in [0.15, 0.2) is 30.3 Å². The van der Waals surface area contributed by atoms with Crippen molar-refractivity contribution in [3.63, 3.8) is 0 Å². The normalized spacial score (nSPS) is 22.3. The zero-order valence-electron chi connectivity index (χ0n) is 18.0. The van der Waals surface area contributed by atoms with Crippen LogP contribution in [0.3, 0.4) is 0 Å². The van der Waals surface area contributed by atoms with Gasteiger partial charge in [-0.05, 0) is 63.7 Å². The predicted molar refractivity (Wildman–Crippen MR) is 116 cm³/mol. The molecule has 2 aliphatic rings. The number of hydrogen-bond acceptors (Lipinski definition) is 3. The van der Waals surface area contributed by atoms with Gasteiger partial charge in [-0.3, -0.25) is 9.69 Å². The number of hydrogen-bond donors (Lipinski definition) is 0. The van der Waals surface area contributed by atoms with Gasteiger partial charge in [0.15, 0.2) is 0 Å². The molecule has 4 nitrogen and oxygen atoms in total. The molecule has 28 heavy (non-hydrogen) atoms. The van der Waals surface area contributed by atoms with Crippen molar-refractivity contribution in [3.8, 4) is 0 Å². The zero-order valence-corrected chi connectivity index (χ0v) is 18.0. The van der Waals surface area contributed by atoms with Crippen molar-refractivity contribution in [3.05, 3.63) is 35.9 Å². The summed E-state index contributed by atoms with van der Waals surface area (Å²) in [6.45, 7) is 8.81. The third-order valence-corrected chi connectivity index (χ3v) is 6.66. The molecule has 156 valence electrons. The molecule has 0 aromatic heterocycles. The second-order valence-corrected chi connectivity index (χ2v) is 8.76. The van der Waals surface area contributed by atoms with Gasteiger partial charge in [-0.1, -0.05) is 43.7 Å². The summed E-state index contributed by atoms with van der Waals surface area (Å²) in [4.78, 5) is 20.0. The maximum atomic E-state index is 12.8. The molecule has 1 amide bonds. The van der Waals surface area contributed by atoms with E-state index in [0.29, 0.717) is 11.9 Å². The second-order valence-electron chi connectivity index (χ2n) is 8.76.